The summed E-state index contributed by atoms with van der Waals surface area (Å²) in [6.45, 7) is 1.84. The van der Waals surface area contributed by atoms with Crippen LogP contribution in [0.4, 0.5) is 0 Å². The lowest BCUT2D eigenvalue weighted by Crippen LogP contribution is -2.31. The number of hydrogen-bond donors (Lipinski definition) is 0. The average Bonchev–Trinajstić information content (AvgIpc) is 2.51. The molecule has 0 N–H and O–H groups in total. The van der Waals surface area contributed by atoms with Gasteiger partial charge in [0.2, 0.25) is 11.6 Å². The second-order valence-corrected chi connectivity index (χ2v) is 3.61. The molecule has 2 rings (SSSR count). The van der Waals surface area contributed by atoms with E-state index in [0.29, 0.717) is 12.0 Å². The number of aryl methyl sites for hydroxylation is 1. The molecule has 0 aromatic heterocycles. The number of Topliss-reactive ketones (excluding diaryl/α,β-unsaturated/α-hetero) is 2. The zero-order valence-electron chi connectivity index (χ0n) is 8.60. The van der Waals surface area contributed by atoms with E-state index < -0.39 is 22.5 Å². The van der Waals surface area contributed by atoms with Crippen molar-refractivity contribution in [3.63, 3.8) is 0 Å². The van der Waals surface area contributed by atoms with Crippen LogP contribution in [0.1, 0.15) is 33.2 Å². The van der Waals surface area contributed by atoms with Crippen molar-refractivity contribution in [2.75, 3.05) is 0 Å². The Bertz CT molecular complexity index is 507. The van der Waals surface area contributed by atoms with Gasteiger partial charge in [0.25, 0.3) is 0 Å². The Hall–Kier alpha value is -2.04. The number of rotatable bonds is 2. The van der Waals surface area contributed by atoms with E-state index in [1.54, 1.807) is 12.1 Å². The van der Waals surface area contributed by atoms with E-state index in [0.717, 1.165) is 0 Å². The molecule has 5 heteroatoms. The highest BCUT2D eigenvalue weighted by atomic mass is 16.6. The van der Waals surface area contributed by atoms with Crippen LogP contribution in [-0.2, 0) is 6.42 Å². The summed E-state index contributed by atoms with van der Waals surface area (Å²) >= 11 is 0. The molecule has 0 aliphatic heterocycles. The molecule has 1 unspecified atom stereocenters. The van der Waals surface area contributed by atoms with Crippen LogP contribution in [0.5, 0.6) is 0 Å². The molecule has 0 fully saturated rings. The smallest absolute Gasteiger partial charge is 0.286 e. The van der Waals surface area contributed by atoms with Gasteiger partial charge in [-0.3, -0.25) is 19.7 Å². The highest BCUT2D eigenvalue weighted by molar-refractivity contribution is 6.28. The first-order chi connectivity index (χ1) is 7.57. The minimum Gasteiger partial charge on any atom is -0.286 e. The van der Waals surface area contributed by atoms with Crippen molar-refractivity contribution < 1.29 is 14.5 Å². The van der Waals surface area contributed by atoms with Crippen molar-refractivity contribution in [1.82, 2.24) is 0 Å². The van der Waals surface area contributed by atoms with E-state index in [-0.39, 0.29) is 11.1 Å². The molecule has 1 aliphatic carbocycles. The monoisotopic (exact) mass is 219 g/mol. The van der Waals surface area contributed by atoms with Gasteiger partial charge in [-0.2, -0.15) is 0 Å². The molecule has 5 nitrogen and oxygen atoms in total. The van der Waals surface area contributed by atoms with Gasteiger partial charge in [-0.25, -0.2) is 0 Å². The van der Waals surface area contributed by atoms with E-state index in [9.17, 15) is 19.7 Å². The largest absolute Gasteiger partial charge is 0.336 e. The van der Waals surface area contributed by atoms with Gasteiger partial charge in [-0.1, -0.05) is 25.1 Å². The molecular formula is C11H9NO4. The van der Waals surface area contributed by atoms with E-state index in [4.69, 9.17) is 0 Å². The molecule has 1 aromatic rings. The minimum atomic E-state index is -1.73. The summed E-state index contributed by atoms with van der Waals surface area (Å²) in [5.41, 5.74) is 1.11. The fraction of sp³-hybridized carbons (Fsp3) is 0.273. The number of nitro groups is 1. The SMILES string of the molecule is CCc1cccc2c1C(=O)C([N+](=O)[O-])C2=O. The van der Waals surface area contributed by atoms with E-state index in [1.165, 1.54) is 6.07 Å². The molecule has 0 radical (unpaired) electrons. The van der Waals surface area contributed by atoms with Gasteiger partial charge in [-0.15, -0.1) is 0 Å². The second-order valence-electron chi connectivity index (χ2n) is 3.61. The second kappa shape index (κ2) is 3.52. The van der Waals surface area contributed by atoms with Gasteiger partial charge in [0, 0.05) is 16.1 Å². The predicted octanol–water partition coefficient (Wildman–Crippen LogP) is 1.27. The zero-order valence-corrected chi connectivity index (χ0v) is 8.60. The molecule has 0 saturated carbocycles. The summed E-state index contributed by atoms with van der Waals surface area (Å²) in [6.07, 6.45) is 0.576. The number of nitrogens with zero attached hydrogens (tertiary/aromatic N) is 1. The summed E-state index contributed by atoms with van der Waals surface area (Å²) in [7, 11) is 0. The van der Waals surface area contributed by atoms with E-state index >= 15 is 0 Å². The molecule has 0 saturated heterocycles. The maximum absolute atomic E-state index is 11.8. The standard InChI is InChI=1S/C11H9NO4/c1-2-6-4-3-5-7-8(6)11(14)9(10(7)13)12(15)16/h3-5,9H,2H2,1H3. The Morgan fingerprint density at radius 1 is 1.31 bits per heavy atom. The summed E-state index contributed by atoms with van der Waals surface area (Å²) in [5, 5.41) is 10.7. The molecule has 82 valence electrons. The lowest BCUT2D eigenvalue weighted by molar-refractivity contribution is -0.488. The maximum atomic E-state index is 11.8. The first-order valence-corrected chi connectivity index (χ1v) is 4.91. The van der Waals surface area contributed by atoms with Crippen molar-refractivity contribution in [1.29, 1.82) is 0 Å². The molecule has 0 spiro atoms. The van der Waals surface area contributed by atoms with Crippen molar-refractivity contribution >= 4 is 11.6 Å². The van der Waals surface area contributed by atoms with Crippen LogP contribution < -0.4 is 0 Å². The number of hydrogen-bond acceptors (Lipinski definition) is 4. The molecule has 1 aliphatic rings. The van der Waals surface area contributed by atoms with Gasteiger partial charge in [0.15, 0.2) is 0 Å². The molecule has 16 heavy (non-hydrogen) atoms. The Kier molecular flexibility index (Phi) is 2.30. The fourth-order valence-electron chi connectivity index (χ4n) is 1.99. The number of ketones is 2. The van der Waals surface area contributed by atoms with Crippen molar-refractivity contribution in [3.05, 3.63) is 45.0 Å². The summed E-state index contributed by atoms with van der Waals surface area (Å²) in [4.78, 5) is 33.3. The first-order valence-electron chi connectivity index (χ1n) is 4.91. The molecule has 0 bridgehead atoms. The topological polar surface area (TPSA) is 77.3 Å². The third-order valence-electron chi connectivity index (χ3n) is 2.75. The van der Waals surface area contributed by atoms with Crippen LogP contribution in [0.3, 0.4) is 0 Å². The van der Waals surface area contributed by atoms with Crippen molar-refractivity contribution in [2.45, 2.75) is 19.4 Å². The first kappa shape index (κ1) is 10.5. The van der Waals surface area contributed by atoms with Crippen LogP contribution >= 0.6 is 0 Å². The number of carbonyl (C=O) groups is 2. The number of fused-ring (bicyclic) bond motifs is 1. The molecule has 0 heterocycles. The Morgan fingerprint density at radius 3 is 2.56 bits per heavy atom. The lowest BCUT2D eigenvalue weighted by Gasteiger charge is -2.01. The third-order valence-corrected chi connectivity index (χ3v) is 2.75. The Morgan fingerprint density at radius 2 is 2.00 bits per heavy atom. The van der Waals surface area contributed by atoms with Crippen LogP contribution in [0.15, 0.2) is 18.2 Å². The van der Waals surface area contributed by atoms with Crippen LogP contribution in [0.2, 0.25) is 0 Å². The van der Waals surface area contributed by atoms with Gasteiger partial charge in [0.05, 0.1) is 0 Å². The maximum Gasteiger partial charge on any atom is 0.336 e. The number of benzene rings is 1. The molecular weight excluding hydrogens is 210 g/mol. The summed E-state index contributed by atoms with van der Waals surface area (Å²) < 4.78 is 0. The van der Waals surface area contributed by atoms with Crippen molar-refractivity contribution in [3.8, 4) is 0 Å². The van der Waals surface area contributed by atoms with E-state index in [1.807, 2.05) is 6.92 Å². The molecule has 1 atom stereocenters. The van der Waals surface area contributed by atoms with Gasteiger partial charge in [0.1, 0.15) is 0 Å². The normalized spacial score (nSPS) is 18.7. The summed E-state index contributed by atoms with van der Waals surface area (Å²) in [6, 6.07) is 3.10. The van der Waals surface area contributed by atoms with Crippen LogP contribution in [0.25, 0.3) is 0 Å². The van der Waals surface area contributed by atoms with Gasteiger partial charge >= 0.3 is 6.04 Å². The fourth-order valence-corrected chi connectivity index (χ4v) is 1.99. The van der Waals surface area contributed by atoms with Crippen molar-refractivity contribution in [2.24, 2.45) is 0 Å². The minimum absolute atomic E-state index is 0.186. The van der Waals surface area contributed by atoms with Crippen LogP contribution in [-0.4, -0.2) is 22.5 Å². The van der Waals surface area contributed by atoms with Gasteiger partial charge < -0.3 is 0 Å². The Labute approximate surface area is 91.2 Å². The van der Waals surface area contributed by atoms with Gasteiger partial charge in [-0.05, 0) is 12.0 Å². The lowest BCUT2D eigenvalue weighted by atomic mass is 10.0. The highest BCUT2D eigenvalue weighted by Crippen LogP contribution is 2.27. The zero-order chi connectivity index (χ0) is 11.9. The summed E-state index contributed by atoms with van der Waals surface area (Å²) in [5.74, 6) is -1.37. The highest BCUT2D eigenvalue weighted by Gasteiger charge is 2.48. The third kappa shape index (κ3) is 1.25. The molecule has 1 aromatic carbocycles. The number of carbonyl (C=O) groups excluding carboxylic acids is 2. The predicted molar refractivity (Wildman–Crippen MR) is 55.3 cm³/mol. The van der Waals surface area contributed by atoms with E-state index in [2.05, 4.69) is 0 Å². The van der Waals surface area contributed by atoms with Crippen LogP contribution in [0, 0.1) is 10.1 Å². The average molecular weight is 219 g/mol. The molecule has 0 amide bonds. The quantitative estimate of drug-likeness (QED) is 0.426. The Balaban J connectivity index is 2.64.